The zero-order chi connectivity index (χ0) is 14.3. The fraction of sp³-hybridized carbons (Fsp3) is 0.727. The van der Waals surface area contributed by atoms with Gasteiger partial charge in [0.2, 0.25) is 0 Å². The van der Waals surface area contributed by atoms with Crippen molar-refractivity contribution in [1.82, 2.24) is 10.4 Å². The fourth-order valence-electron chi connectivity index (χ4n) is 2.56. The minimum absolute atomic E-state index is 0.134. The largest absolute Gasteiger partial charge is 0.451 e. The third kappa shape index (κ3) is 2.03. The predicted octanol–water partition coefficient (Wildman–Crippen LogP) is 1.90. The van der Waals surface area contributed by atoms with Crippen LogP contribution >= 0.6 is 0 Å². The predicted molar refractivity (Wildman–Crippen MR) is 58.4 cm³/mol. The van der Waals surface area contributed by atoms with Crippen LogP contribution in [0.25, 0.3) is 0 Å². The molecule has 0 spiro atoms. The minimum atomic E-state index is -4.97. The summed E-state index contributed by atoms with van der Waals surface area (Å²) in [4.78, 5) is 11.5. The summed E-state index contributed by atoms with van der Waals surface area (Å²) < 4.78 is 44.0. The van der Waals surface area contributed by atoms with Gasteiger partial charge in [0.15, 0.2) is 0 Å². The molecule has 1 fully saturated rings. The SMILES string of the molecule is COC(=O)N1NC2=CCCCCC2C1(O)C(F)(F)F. The van der Waals surface area contributed by atoms with E-state index in [1.165, 1.54) is 0 Å². The number of aliphatic hydroxyl groups is 1. The number of carbonyl (C=O) groups excluding carboxylic acids is 1. The van der Waals surface area contributed by atoms with Crippen LogP contribution in [0.1, 0.15) is 25.7 Å². The molecule has 2 rings (SSSR count). The molecule has 0 aromatic carbocycles. The van der Waals surface area contributed by atoms with Gasteiger partial charge in [-0.05, 0) is 19.3 Å². The Hall–Kier alpha value is -1.44. The number of alkyl halides is 3. The van der Waals surface area contributed by atoms with E-state index in [4.69, 9.17) is 0 Å². The molecule has 108 valence electrons. The Kier molecular flexibility index (Phi) is 3.38. The summed E-state index contributed by atoms with van der Waals surface area (Å²) in [7, 11) is 0.962. The van der Waals surface area contributed by atoms with E-state index in [-0.39, 0.29) is 17.1 Å². The number of amides is 1. The van der Waals surface area contributed by atoms with Crippen molar-refractivity contribution < 1.29 is 27.8 Å². The first-order chi connectivity index (χ1) is 8.82. The lowest BCUT2D eigenvalue weighted by molar-refractivity contribution is -0.316. The van der Waals surface area contributed by atoms with Crippen molar-refractivity contribution in [2.45, 2.75) is 37.6 Å². The van der Waals surface area contributed by atoms with Gasteiger partial charge in [-0.2, -0.15) is 18.2 Å². The molecular weight excluding hydrogens is 265 g/mol. The van der Waals surface area contributed by atoms with Crippen molar-refractivity contribution in [2.24, 2.45) is 5.92 Å². The van der Waals surface area contributed by atoms with E-state index >= 15 is 0 Å². The highest BCUT2D eigenvalue weighted by Gasteiger charge is 2.69. The maximum Gasteiger partial charge on any atom is 0.439 e. The normalized spacial score (nSPS) is 31.1. The summed E-state index contributed by atoms with van der Waals surface area (Å²) in [5.74, 6) is -1.20. The van der Waals surface area contributed by atoms with Crippen LogP contribution in [0, 0.1) is 5.92 Å². The zero-order valence-electron chi connectivity index (χ0n) is 10.3. The Morgan fingerprint density at radius 3 is 2.84 bits per heavy atom. The molecule has 1 heterocycles. The molecular formula is C11H15F3N2O3. The average Bonchev–Trinajstić information content (AvgIpc) is 2.53. The topological polar surface area (TPSA) is 61.8 Å². The van der Waals surface area contributed by atoms with Crippen LogP contribution in [0.4, 0.5) is 18.0 Å². The van der Waals surface area contributed by atoms with Gasteiger partial charge in [-0.15, -0.1) is 0 Å². The zero-order valence-corrected chi connectivity index (χ0v) is 10.3. The second-order valence-corrected chi connectivity index (χ2v) is 4.64. The third-order valence-electron chi connectivity index (χ3n) is 3.53. The van der Waals surface area contributed by atoms with Gasteiger partial charge < -0.3 is 9.84 Å². The van der Waals surface area contributed by atoms with Gasteiger partial charge in [0, 0.05) is 5.70 Å². The van der Waals surface area contributed by atoms with Gasteiger partial charge in [0.1, 0.15) is 0 Å². The van der Waals surface area contributed by atoms with Gasteiger partial charge in [0.25, 0.3) is 5.72 Å². The number of rotatable bonds is 0. The Morgan fingerprint density at radius 2 is 2.26 bits per heavy atom. The van der Waals surface area contributed by atoms with E-state index in [2.05, 4.69) is 10.2 Å². The Balaban J connectivity index is 2.46. The van der Waals surface area contributed by atoms with Crippen LogP contribution in [0.5, 0.6) is 0 Å². The molecule has 1 aliphatic heterocycles. The second kappa shape index (κ2) is 4.59. The first kappa shape index (κ1) is 14.0. The van der Waals surface area contributed by atoms with Gasteiger partial charge in [-0.1, -0.05) is 12.5 Å². The number of hydrazine groups is 1. The number of methoxy groups -OCH3 is 1. The summed E-state index contributed by atoms with van der Waals surface area (Å²) in [6, 6.07) is 0. The maximum atomic E-state index is 13.2. The van der Waals surface area contributed by atoms with Crippen LogP contribution in [0.3, 0.4) is 0 Å². The fourth-order valence-corrected chi connectivity index (χ4v) is 2.56. The maximum absolute atomic E-state index is 13.2. The number of ether oxygens (including phenoxy) is 1. The van der Waals surface area contributed by atoms with Crippen molar-refractivity contribution in [2.75, 3.05) is 7.11 Å². The van der Waals surface area contributed by atoms with Gasteiger partial charge in [0.05, 0.1) is 13.0 Å². The van der Waals surface area contributed by atoms with Crippen molar-refractivity contribution >= 4 is 6.09 Å². The first-order valence-electron chi connectivity index (χ1n) is 5.96. The quantitative estimate of drug-likeness (QED) is 0.711. The van der Waals surface area contributed by atoms with Crippen LogP contribution in [0.2, 0.25) is 0 Å². The van der Waals surface area contributed by atoms with E-state index < -0.39 is 23.9 Å². The number of fused-ring (bicyclic) bond motifs is 1. The molecule has 2 aliphatic rings. The standard InChI is InChI=1S/C11H15F3N2O3/c1-19-9(17)16-10(18,11(12,13)14)7-5-3-2-4-6-8(7)15-16/h6-7,15,18H,2-5H2,1H3. The molecule has 2 unspecified atom stereocenters. The molecule has 0 saturated carbocycles. The van der Waals surface area contributed by atoms with Crippen LogP contribution < -0.4 is 5.43 Å². The number of carbonyl (C=O) groups is 1. The van der Waals surface area contributed by atoms with E-state index in [1.54, 1.807) is 6.08 Å². The molecule has 2 N–H and O–H groups in total. The molecule has 8 heteroatoms. The smallest absolute Gasteiger partial charge is 0.439 e. The van der Waals surface area contributed by atoms with E-state index in [9.17, 15) is 23.1 Å². The highest BCUT2D eigenvalue weighted by atomic mass is 19.4. The van der Waals surface area contributed by atoms with E-state index in [0.717, 1.165) is 13.5 Å². The lowest BCUT2D eigenvalue weighted by atomic mass is 9.90. The lowest BCUT2D eigenvalue weighted by Gasteiger charge is -2.35. The van der Waals surface area contributed by atoms with Gasteiger partial charge in [-0.25, -0.2) is 4.79 Å². The molecule has 2 atom stereocenters. The molecule has 0 bridgehead atoms. The second-order valence-electron chi connectivity index (χ2n) is 4.64. The molecule has 0 aromatic heterocycles. The third-order valence-corrected chi connectivity index (χ3v) is 3.53. The Labute approximate surface area is 108 Å². The summed E-state index contributed by atoms with van der Waals surface area (Å²) in [6.07, 6.45) is -2.57. The summed E-state index contributed by atoms with van der Waals surface area (Å²) >= 11 is 0. The molecule has 5 nitrogen and oxygen atoms in total. The molecule has 1 saturated heterocycles. The molecule has 19 heavy (non-hydrogen) atoms. The summed E-state index contributed by atoms with van der Waals surface area (Å²) in [5, 5.41) is 10.2. The van der Waals surface area contributed by atoms with Crippen LogP contribution in [-0.4, -0.2) is 35.2 Å². The number of halogens is 3. The van der Waals surface area contributed by atoms with E-state index in [1.807, 2.05) is 0 Å². The monoisotopic (exact) mass is 280 g/mol. The molecule has 0 radical (unpaired) electrons. The molecule has 0 aromatic rings. The number of hydrogen-bond acceptors (Lipinski definition) is 4. The number of hydrogen-bond donors (Lipinski definition) is 2. The van der Waals surface area contributed by atoms with Crippen molar-refractivity contribution in [3.05, 3.63) is 11.8 Å². The van der Waals surface area contributed by atoms with E-state index in [0.29, 0.717) is 12.8 Å². The summed E-state index contributed by atoms with van der Waals surface area (Å²) in [6.45, 7) is 0. The van der Waals surface area contributed by atoms with Crippen molar-refractivity contribution in [3.63, 3.8) is 0 Å². The van der Waals surface area contributed by atoms with Crippen molar-refractivity contribution in [3.8, 4) is 0 Å². The van der Waals surface area contributed by atoms with Crippen LogP contribution in [-0.2, 0) is 4.74 Å². The number of allylic oxidation sites excluding steroid dienone is 1. The first-order valence-corrected chi connectivity index (χ1v) is 5.96. The molecule has 1 aliphatic carbocycles. The minimum Gasteiger partial charge on any atom is -0.451 e. The summed E-state index contributed by atoms with van der Waals surface area (Å²) in [5.41, 5.74) is -0.712. The Bertz CT molecular complexity index is 410. The molecule has 1 amide bonds. The van der Waals surface area contributed by atoms with Crippen LogP contribution in [0.15, 0.2) is 11.8 Å². The highest BCUT2D eigenvalue weighted by Crippen LogP contribution is 2.48. The number of nitrogens with zero attached hydrogens (tertiary/aromatic N) is 1. The van der Waals surface area contributed by atoms with Gasteiger partial charge >= 0.3 is 12.3 Å². The average molecular weight is 280 g/mol. The van der Waals surface area contributed by atoms with Crippen molar-refractivity contribution in [1.29, 1.82) is 0 Å². The highest BCUT2D eigenvalue weighted by molar-refractivity contribution is 5.69. The Morgan fingerprint density at radius 1 is 1.58 bits per heavy atom. The lowest BCUT2D eigenvalue weighted by Crippen LogP contribution is -2.62. The number of nitrogens with one attached hydrogen (secondary N) is 1. The van der Waals surface area contributed by atoms with Gasteiger partial charge in [-0.3, -0.25) is 5.43 Å².